The van der Waals surface area contributed by atoms with E-state index in [4.69, 9.17) is 21.3 Å². The largest absolute Gasteiger partial charge is 0.497 e. The van der Waals surface area contributed by atoms with Crippen molar-refractivity contribution in [3.63, 3.8) is 0 Å². The third kappa shape index (κ3) is 6.54. The zero-order valence-electron chi connectivity index (χ0n) is 25.0. The summed E-state index contributed by atoms with van der Waals surface area (Å²) in [5.41, 5.74) is 4.53. The van der Waals surface area contributed by atoms with E-state index in [0.29, 0.717) is 46.6 Å². The molecule has 3 aromatic carbocycles. The van der Waals surface area contributed by atoms with Crippen molar-refractivity contribution in [3.05, 3.63) is 99.4 Å². The molecule has 0 spiro atoms. The van der Waals surface area contributed by atoms with Crippen LogP contribution in [0.3, 0.4) is 0 Å². The highest BCUT2D eigenvalue weighted by Crippen LogP contribution is 2.34. The molecular formula is C32H30BClN6O5S. The Balaban J connectivity index is 1.14. The van der Waals surface area contributed by atoms with E-state index >= 15 is 0 Å². The molecule has 0 fully saturated rings. The van der Waals surface area contributed by atoms with Crippen molar-refractivity contribution < 1.29 is 24.4 Å². The van der Waals surface area contributed by atoms with Crippen molar-refractivity contribution in [2.75, 3.05) is 20.2 Å². The minimum absolute atomic E-state index is 0.0565. The summed E-state index contributed by atoms with van der Waals surface area (Å²) >= 11 is 7.68. The molecule has 1 aliphatic heterocycles. The van der Waals surface area contributed by atoms with Crippen LogP contribution >= 0.6 is 22.9 Å². The number of halogens is 1. The van der Waals surface area contributed by atoms with Gasteiger partial charge in [-0.25, -0.2) is 0 Å². The number of nitrogens with zero attached hydrogens (tertiary/aromatic N) is 4. The van der Waals surface area contributed by atoms with E-state index in [1.54, 1.807) is 31.4 Å². The molecule has 46 heavy (non-hydrogen) atoms. The van der Waals surface area contributed by atoms with Gasteiger partial charge in [-0.05, 0) is 71.5 Å². The molecule has 5 aromatic rings. The highest BCUT2D eigenvalue weighted by atomic mass is 35.5. The molecule has 0 saturated carbocycles. The summed E-state index contributed by atoms with van der Waals surface area (Å²) in [7, 11) is 0.0775. The Bertz CT molecular complexity index is 1960. The number of nitrogens with one attached hydrogen (secondary N) is 2. The van der Waals surface area contributed by atoms with Crippen molar-refractivity contribution in [2.24, 2.45) is 4.99 Å². The van der Waals surface area contributed by atoms with Crippen molar-refractivity contribution in [2.45, 2.75) is 25.8 Å². The highest BCUT2D eigenvalue weighted by molar-refractivity contribution is 7.17. The highest BCUT2D eigenvalue weighted by Gasteiger charge is 2.30. The molecule has 0 aliphatic carbocycles. The second-order valence-electron chi connectivity index (χ2n) is 10.8. The van der Waals surface area contributed by atoms with Gasteiger partial charge in [-0.3, -0.25) is 19.1 Å². The first-order valence-corrected chi connectivity index (χ1v) is 15.8. The van der Waals surface area contributed by atoms with E-state index < -0.39 is 13.2 Å². The van der Waals surface area contributed by atoms with Gasteiger partial charge in [0.1, 0.15) is 17.6 Å². The van der Waals surface area contributed by atoms with Crippen LogP contribution in [-0.2, 0) is 16.0 Å². The molecule has 4 N–H and O–H groups in total. The van der Waals surface area contributed by atoms with Crippen LogP contribution in [0.25, 0.3) is 15.8 Å². The Hall–Kier alpha value is -4.56. The number of hydrogen-bond donors (Lipinski definition) is 4. The number of aromatic nitrogens is 3. The number of amides is 2. The predicted molar refractivity (Wildman–Crippen MR) is 178 cm³/mol. The average molecular weight is 657 g/mol. The van der Waals surface area contributed by atoms with Crippen LogP contribution in [0.2, 0.25) is 5.02 Å². The molecule has 0 radical (unpaired) electrons. The van der Waals surface area contributed by atoms with Crippen molar-refractivity contribution >= 4 is 63.1 Å². The number of methoxy groups -OCH3 is 1. The number of carbonyl (C=O) groups excluding carboxylic acids is 2. The Labute approximate surface area is 274 Å². The number of rotatable bonds is 10. The normalized spacial score (nSPS) is 13.8. The van der Waals surface area contributed by atoms with Crippen LogP contribution in [-0.4, -0.2) is 69.7 Å². The Morgan fingerprint density at radius 2 is 1.85 bits per heavy atom. The van der Waals surface area contributed by atoms with Crippen LogP contribution in [0.15, 0.2) is 71.0 Å². The molecule has 0 bridgehead atoms. The first-order valence-electron chi connectivity index (χ1n) is 14.6. The van der Waals surface area contributed by atoms with E-state index in [-0.39, 0.29) is 24.8 Å². The molecule has 1 aliphatic rings. The number of aliphatic imine (C=N–C) groups is 1. The minimum Gasteiger partial charge on any atom is -0.497 e. The Morgan fingerprint density at radius 1 is 1.04 bits per heavy atom. The third-order valence-corrected chi connectivity index (χ3v) is 9.02. The maximum atomic E-state index is 13.2. The van der Waals surface area contributed by atoms with Gasteiger partial charge in [0, 0.05) is 27.4 Å². The molecule has 6 rings (SSSR count). The number of thiophene rings is 1. The van der Waals surface area contributed by atoms with Gasteiger partial charge in [0.05, 0.1) is 31.5 Å². The van der Waals surface area contributed by atoms with Gasteiger partial charge in [-0.2, -0.15) is 0 Å². The van der Waals surface area contributed by atoms with E-state index in [1.165, 1.54) is 11.3 Å². The lowest BCUT2D eigenvalue weighted by molar-refractivity contribution is -0.126. The summed E-state index contributed by atoms with van der Waals surface area (Å²) in [4.78, 5) is 30.9. The third-order valence-electron chi connectivity index (χ3n) is 7.77. The van der Waals surface area contributed by atoms with Crippen LogP contribution in [0.5, 0.6) is 5.75 Å². The second-order valence-corrected chi connectivity index (χ2v) is 12.1. The molecule has 0 unspecified atom stereocenters. The van der Waals surface area contributed by atoms with E-state index in [2.05, 4.69) is 20.8 Å². The van der Waals surface area contributed by atoms with Gasteiger partial charge < -0.3 is 25.4 Å². The molecule has 14 heteroatoms. The topological polar surface area (TPSA) is 151 Å². The quantitative estimate of drug-likeness (QED) is 0.169. The van der Waals surface area contributed by atoms with Gasteiger partial charge in [-0.1, -0.05) is 35.9 Å². The lowest BCUT2D eigenvalue weighted by Gasteiger charge is -2.14. The summed E-state index contributed by atoms with van der Waals surface area (Å²) in [5, 5.41) is 36.7. The number of benzene rings is 3. The summed E-state index contributed by atoms with van der Waals surface area (Å²) in [5.74, 6) is 1.13. The SMILES string of the molecule is COc1ccc2c(c1)C(c1ccc(Cl)cc1)=N[C@@H](CC(=O)NCC(=O)NCCc1csc3cc(B(O)O)ccc13)c1nnc(C)n1-2. The molecule has 2 amide bonds. The van der Waals surface area contributed by atoms with Crippen molar-refractivity contribution in [1.29, 1.82) is 0 Å². The Kier molecular flexibility index (Phi) is 9.18. The average Bonchev–Trinajstić information content (AvgIpc) is 3.61. The van der Waals surface area contributed by atoms with Crippen LogP contribution < -0.4 is 20.8 Å². The van der Waals surface area contributed by atoms with Gasteiger partial charge in [0.25, 0.3) is 0 Å². The molecule has 234 valence electrons. The molecule has 1 atom stereocenters. The number of aryl methyl sites for hydroxylation is 1. The summed E-state index contributed by atoms with van der Waals surface area (Å²) < 4.78 is 8.35. The van der Waals surface area contributed by atoms with Crippen molar-refractivity contribution in [3.8, 4) is 11.4 Å². The number of carbonyl (C=O) groups is 2. The fourth-order valence-corrected chi connectivity index (χ4v) is 6.63. The fourth-order valence-electron chi connectivity index (χ4n) is 5.46. The van der Waals surface area contributed by atoms with Crippen LogP contribution in [0.1, 0.15) is 40.8 Å². The monoisotopic (exact) mass is 656 g/mol. The molecule has 3 heterocycles. The minimum atomic E-state index is -1.52. The Morgan fingerprint density at radius 3 is 2.61 bits per heavy atom. The lowest BCUT2D eigenvalue weighted by Crippen LogP contribution is -2.38. The summed E-state index contributed by atoms with van der Waals surface area (Å²) in [6, 6.07) is 17.6. The first-order chi connectivity index (χ1) is 22.2. The smallest absolute Gasteiger partial charge is 0.488 e. The summed E-state index contributed by atoms with van der Waals surface area (Å²) in [6.45, 7) is 2.03. The lowest BCUT2D eigenvalue weighted by atomic mass is 9.80. The number of hydrogen-bond acceptors (Lipinski definition) is 9. The second kappa shape index (κ2) is 13.4. The fraction of sp³-hybridized carbons (Fsp3) is 0.219. The number of fused-ring (bicyclic) bond motifs is 4. The van der Waals surface area contributed by atoms with Gasteiger partial charge in [0.2, 0.25) is 11.8 Å². The van der Waals surface area contributed by atoms with E-state index in [0.717, 1.165) is 32.5 Å². The van der Waals surface area contributed by atoms with Crippen molar-refractivity contribution in [1.82, 2.24) is 25.4 Å². The standard InChI is InChI=1S/C32H30BClN6O5S/c1-18-38-39-32-26(37-31(19-3-6-22(34)7-4-19)25-14-23(45-2)8-10-27(25)40(18)32)15-29(41)36-16-30(42)35-12-11-20-17-46-28-13-21(33(43)44)5-9-24(20)28/h3-10,13-14,17,26,43-44H,11-12,15-16H2,1-2H3,(H,35,42)(H,36,41)/t26-/m0/s1. The predicted octanol–water partition coefficient (Wildman–Crippen LogP) is 2.89. The van der Waals surface area contributed by atoms with Gasteiger partial charge >= 0.3 is 7.12 Å². The van der Waals surface area contributed by atoms with Gasteiger partial charge in [0.15, 0.2) is 5.82 Å². The summed E-state index contributed by atoms with van der Waals surface area (Å²) in [6.07, 6.45) is 0.532. The first kappa shape index (κ1) is 31.4. The van der Waals surface area contributed by atoms with E-state index in [1.807, 2.05) is 53.3 Å². The molecule has 2 aromatic heterocycles. The van der Waals surface area contributed by atoms with E-state index in [9.17, 15) is 19.6 Å². The molecule has 11 nitrogen and oxygen atoms in total. The van der Waals surface area contributed by atoms with Crippen LogP contribution in [0.4, 0.5) is 0 Å². The van der Waals surface area contributed by atoms with Gasteiger partial charge in [-0.15, -0.1) is 21.5 Å². The maximum absolute atomic E-state index is 13.2. The number of ether oxygens (including phenoxy) is 1. The zero-order valence-corrected chi connectivity index (χ0v) is 26.6. The molecular weight excluding hydrogens is 627 g/mol. The molecule has 0 saturated heterocycles. The zero-order chi connectivity index (χ0) is 32.4. The maximum Gasteiger partial charge on any atom is 0.488 e. The van der Waals surface area contributed by atoms with Crippen LogP contribution in [0, 0.1) is 6.92 Å².